The number of carbonyl (C=O) groups excluding carboxylic acids is 1. The number of halogens is 2. The Hall–Kier alpha value is -2.80. The van der Waals surface area contributed by atoms with Crippen LogP contribution in [0.15, 0.2) is 82.7 Å². The Kier molecular flexibility index (Phi) is 6.84. The molecule has 162 valence electrons. The number of aryl methyl sites for hydroxylation is 1. The first-order valence-electron chi connectivity index (χ1n) is 9.88. The normalized spacial score (nSPS) is 12.1. The summed E-state index contributed by atoms with van der Waals surface area (Å²) in [6.07, 6.45) is 0.496. The molecule has 1 atom stereocenters. The highest BCUT2D eigenvalue weighted by Crippen LogP contribution is 2.34. The lowest BCUT2D eigenvalue weighted by molar-refractivity contribution is -0.117. The Labute approximate surface area is 199 Å². The third-order valence-corrected chi connectivity index (χ3v) is 6.88. The molecule has 0 aliphatic rings. The van der Waals surface area contributed by atoms with Gasteiger partial charge in [-0.1, -0.05) is 83.5 Å². The number of nitrogens with two attached hydrogens (primary N) is 1. The van der Waals surface area contributed by atoms with Gasteiger partial charge in [-0.2, -0.15) is 0 Å². The number of hydrogen-bond acceptors (Lipinski definition) is 4. The van der Waals surface area contributed by atoms with Gasteiger partial charge in [0.1, 0.15) is 5.25 Å². The second-order valence-corrected chi connectivity index (χ2v) is 9.08. The molecule has 0 radical (unpaired) electrons. The van der Waals surface area contributed by atoms with Crippen LogP contribution in [-0.2, 0) is 17.8 Å². The molecule has 0 bridgehead atoms. The van der Waals surface area contributed by atoms with Gasteiger partial charge < -0.3 is 5.73 Å². The van der Waals surface area contributed by atoms with Gasteiger partial charge in [0.2, 0.25) is 5.91 Å². The monoisotopic (exact) mass is 483 g/mol. The van der Waals surface area contributed by atoms with Gasteiger partial charge in [-0.3, -0.25) is 14.2 Å². The van der Waals surface area contributed by atoms with Crippen LogP contribution in [0.4, 0.5) is 0 Å². The highest BCUT2D eigenvalue weighted by atomic mass is 35.5. The molecule has 4 rings (SSSR count). The minimum Gasteiger partial charge on any atom is -0.368 e. The summed E-state index contributed by atoms with van der Waals surface area (Å²) in [6, 6.07) is 21.6. The van der Waals surface area contributed by atoms with Gasteiger partial charge >= 0.3 is 0 Å². The second-order valence-electron chi connectivity index (χ2n) is 7.16. The van der Waals surface area contributed by atoms with Crippen LogP contribution in [-0.4, -0.2) is 15.5 Å². The molecule has 5 nitrogen and oxygen atoms in total. The third-order valence-electron chi connectivity index (χ3n) is 5.03. The van der Waals surface area contributed by atoms with Gasteiger partial charge in [-0.15, -0.1) is 0 Å². The van der Waals surface area contributed by atoms with Crippen molar-refractivity contribution in [3.63, 3.8) is 0 Å². The van der Waals surface area contributed by atoms with Crippen molar-refractivity contribution in [3.05, 3.63) is 104 Å². The van der Waals surface area contributed by atoms with E-state index in [1.165, 1.54) is 11.8 Å². The average molecular weight is 484 g/mol. The fourth-order valence-corrected chi connectivity index (χ4v) is 4.99. The van der Waals surface area contributed by atoms with Gasteiger partial charge in [0.15, 0.2) is 5.16 Å². The molecule has 4 aromatic rings. The predicted octanol–water partition coefficient (Wildman–Crippen LogP) is 5.26. The van der Waals surface area contributed by atoms with Crippen LogP contribution in [0.3, 0.4) is 0 Å². The molecule has 0 aliphatic carbocycles. The van der Waals surface area contributed by atoms with Crippen molar-refractivity contribution < 1.29 is 4.79 Å². The zero-order valence-corrected chi connectivity index (χ0v) is 19.2. The van der Waals surface area contributed by atoms with E-state index in [0.29, 0.717) is 39.1 Å². The van der Waals surface area contributed by atoms with E-state index in [-0.39, 0.29) is 5.56 Å². The molecule has 1 aromatic heterocycles. The Morgan fingerprint density at radius 1 is 1.03 bits per heavy atom. The van der Waals surface area contributed by atoms with Crippen molar-refractivity contribution in [2.45, 2.75) is 23.4 Å². The van der Waals surface area contributed by atoms with Crippen LogP contribution < -0.4 is 11.3 Å². The van der Waals surface area contributed by atoms with Crippen LogP contribution in [0, 0.1) is 0 Å². The molecule has 3 aromatic carbocycles. The standard InChI is InChI=1S/C24H19Cl2N3O2S/c25-17-11-10-15(19(26)14-17)12-13-29-23(31)18-8-4-5-9-20(18)28-24(29)32-21(22(27)30)16-6-2-1-3-7-16/h1-11,14,21H,12-13H2,(H2,27,30). The minimum absolute atomic E-state index is 0.181. The number of amides is 1. The molecule has 1 heterocycles. The zero-order chi connectivity index (χ0) is 22.7. The Bertz CT molecular complexity index is 1340. The molecule has 0 aliphatic heterocycles. The first kappa shape index (κ1) is 22.4. The predicted molar refractivity (Wildman–Crippen MR) is 130 cm³/mol. The van der Waals surface area contributed by atoms with Crippen molar-refractivity contribution in [1.29, 1.82) is 0 Å². The van der Waals surface area contributed by atoms with E-state index in [1.807, 2.05) is 42.5 Å². The van der Waals surface area contributed by atoms with Crippen molar-refractivity contribution >= 4 is 51.8 Å². The maximum Gasteiger partial charge on any atom is 0.262 e. The number of carbonyl (C=O) groups is 1. The van der Waals surface area contributed by atoms with Crippen molar-refractivity contribution in [2.75, 3.05) is 0 Å². The van der Waals surface area contributed by atoms with Crippen molar-refractivity contribution in [1.82, 2.24) is 9.55 Å². The summed E-state index contributed by atoms with van der Waals surface area (Å²) in [7, 11) is 0. The molecule has 0 fully saturated rings. The Morgan fingerprint density at radius 2 is 1.75 bits per heavy atom. The Balaban J connectivity index is 1.76. The lowest BCUT2D eigenvalue weighted by Gasteiger charge is -2.18. The molecule has 32 heavy (non-hydrogen) atoms. The van der Waals surface area contributed by atoms with Gasteiger partial charge in [-0.05, 0) is 41.8 Å². The van der Waals surface area contributed by atoms with E-state index in [2.05, 4.69) is 0 Å². The lowest BCUT2D eigenvalue weighted by Crippen LogP contribution is -2.26. The highest BCUT2D eigenvalue weighted by molar-refractivity contribution is 8.00. The van der Waals surface area contributed by atoms with E-state index in [4.69, 9.17) is 33.9 Å². The summed E-state index contributed by atoms with van der Waals surface area (Å²) in [4.78, 5) is 30.3. The smallest absolute Gasteiger partial charge is 0.262 e. The molecular weight excluding hydrogens is 465 g/mol. The van der Waals surface area contributed by atoms with E-state index in [0.717, 1.165) is 11.1 Å². The van der Waals surface area contributed by atoms with Crippen molar-refractivity contribution in [3.8, 4) is 0 Å². The molecular formula is C24H19Cl2N3O2S. The number of primary amides is 1. The van der Waals surface area contributed by atoms with Crippen LogP contribution in [0.1, 0.15) is 16.4 Å². The van der Waals surface area contributed by atoms with Gasteiger partial charge in [-0.25, -0.2) is 4.98 Å². The van der Waals surface area contributed by atoms with E-state index in [9.17, 15) is 9.59 Å². The van der Waals surface area contributed by atoms with Crippen LogP contribution in [0.5, 0.6) is 0 Å². The highest BCUT2D eigenvalue weighted by Gasteiger charge is 2.23. The Morgan fingerprint density at radius 3 is 2.47 bits per heavy atom. The van der Waals surface area contributed by atoms with E-state index < -0.39 is 11.2 Å². The molecule has 0 spiro atoms. The molecule has 1 unspecified atom stereocenters. The van der Waals surface area contributed by atoms with E-state index >= 15 is 0 Å². The third kappa shape index (κ3) is 4.83. The van der Waals surface area contributed by atoms with Crippen LogP contribution >= 0.6 is 35.0 Å². The van der Waals surface area contributed by atoms with Gasteiger partial charge in [0, 0.05) is 16.6 Å². The number of nitrogens with zero attached hydrogens (tertiary/aromatic N) is 2. The summed E-state index contributed by atoms with van der Waals surface area (Å²) in [6.45, 7) is 0.334. The minimum atomic E-state index is -0.686. The van der Waals surface area contributed by atoms with Gasteiger partial charge in [0.05, 0.1) is 10.9 Å². The average Bonchev–Trinajstić information content (AvgIpc) is 2.78. The van der Waals surface area contributed by atoms with Gasteiger partial charge in [0.25, 0.3) is 5.56 Å². The summed E-state index contributed by atoms with van der Waals surface area (Å²) in [5.41, 5.74) is 7.71. The number of rotatable bonds is 7. The summed E-state index contributed by atoms with van der Waals surface area (Å²) in [5.74, 6) is -0.504. The number of fused-ring (bicyclic) bond motifs is 1. The van der Waals surface area contributed by atoms with Crippen molar-refractivity contribution in [2.24, 2.45) is 5.73 Å². The fourth-order valence-electron chi connectivity index (χ4n) is 3.42. The largest absolute Gasteiger partial charge is 0.368 e. The summed E-state index contributed by atoms with van der Waals surface area (Å²) < 4.78 is 1.58. The maximum atomic E-state index is 13.3. The van der Waals surface area contributed by atoms with Crippen LogP contribution in [0.2, 0.25) is 10.0 Å². The number of hydrogen-bond donors (Lipinski definition) is 1. The summed E-state index contributed by atoms with van der Waals surface area (Å²) in [5, 5.41) is 1.33. The molecule has 0 saturated carbocycles. The second kappa shape index (κ2) is 9.77. The zero-order valence-electron chi connectivity index (χ0n) is 16.9. The first-order valence-corrected chi connectivity index (χ1v) is 11.5. The maximum absolute atomic E-state index is 13.3. The molecule has 0 saturated heterocycles. The molecule has 1 amide bonds. The SMILES string of the molecule is NC(=O)C(Sc1nc2ccccc2c(=O)n1CCc1ccc(Cl)cc1Cl)c1ccccc1. The quantitative estimate of drug-likeness (QED) is 0.287. The number of para-hydroxylation sites is 1. The topological polar surface area (TPSA) is 78.0 Å². The first-order chi connectivity index (χ1) is 15.4. The van der Waals surface area contributed by atoms with E-state index in [1.54, 1.807) is 34.9 Å². The van der Waals surface area contributed by atoms with Crippen LogP contribution in [0.25, 0.3) is 10.9 Å². The molecule has 2 N–H and O–H groups in total. The molecule has 8 heteroatoms. The number of thioether (sulfide) groups is 1. The number of aromatic nitrogens is 2. The fraction of sp³-hybridized carbons (Fsp3) is 0.125. The number of benzene rings is 3. The lowest BCUT2D eigenvalue weighted by atomic mass is 10.1. The summed E-state index contributed by atoms with van der Waals surface area (Å²) >= 11 is 13.5.